The van der Waals surface area contributed by atoms with E-state index in [-0.39, 0.29) is 18.5 Å². The highest BCUT2D eigenvalue weighted by atomic mass is 16.5. The number of nitrogens with one attached hydrogen (secondary N) is 1. The number of aliphatic hydroxyl groups excluding tert-OH is 2. The Morgan fingerprint density at radius 3 is 0.964 bits per heavy atom. The van der Waals surface area contributed by atoms with Gasteiger partial charge in [-0.15, -0.1) is 0 Å². The Balaban J connectivity index is 3.35. The minimum Gasteiger partial charge on any atom is -0.466 e. The van der Waals surface area contributed by atoms with Crippen molar-refractivity contribution in [1.82, 2.24) is 5.32 Å². The van der Waals surface area contributed by atoms with E-state index >= 15 is 0 Å². The van der Waals surface area contributed by atoms with Crippen LogP contribution < -0.4 is 5.32 Å². The molecule has 0 radical (unpaired) electrons. The largest absolute Gasteiger partial charge is 0.466 e. The molecule has 0 saturated heterocycles. The molecule has 0 spiro atoms. The average Bonchev–Trinajstić information content (AvgIpc) is 3.49. The number of carbonyl (C=O) groups excluding carboxylic acids is 2. The van der Waals surface area contributed by atoms with Gasteiger partial charge in [0.25, 0.3) is 0 Å². The zero-order valence-corrected chi connectivity index (χ0v) is 56.2. The van der Waals surface area contributed by atoms with Crippen molar-refractivity contribution >= 4 is 11.9 Å². The summed E-state index contributed by atoms with van der Waals surface area (Å²) in [6.45, 7) is 4.88. The fourth-order valence-corrected chi connectivity index (χ4v) is 11.9. The molecule has 0 aliphatic heterocycles. The first-order valence-corrected chi connectivity index (χ1v) is 37.8. The van der Waals surface area contributed by atoms with Gasteiger partial charge in [0.1, 0.15) is 0 Å². The number of esters is 1. The van der Waals surface area contributed by atoms with Crippen molar-refractivity contribution in [2.45, 2.75) is 431 Å². The van der Waals surface area contributed by atoms with Gasteiger partial charge in [-0.05, 0) is 57.8 Å². The monoisotopic (exact) mass is 1170 g/mol. The molecule has 490 valence electrons. The van der Waals surface area contributed by atoms with Crippen LogP contribution in [0.5, 0.6) is 0 Å². The first-order valence-electron chi connectivity index (χ1n) is 37.8. The lowest BCUT2D eigenvalue weighted by molar-refractivity contribution is -0.143. The third kappa shape index (κ3) is 69.1. The predicted molar refractivity (Wildman–Crippen MR) is 366 cm³/mol. The summed E-state index contributed by atoms with van der Waals surface area (Å²) >= 11 is 0. The average molecular weight is 1170 g/mol. The maximum absolute atomic E-state index is 12.5. The van der Waals surface area contributed by atoms with Gasteiger partial charge in [0.15, 0.2) is 0 Å². The van der Waals surface area contributed by atoms with Crippen molar-refractivity contribution in [2.24, 2.45) is 0 Å². The number of unbranched alkanes of at least 4 members (excludes halogenated alkanes) is 56. The Morgan fingerprint density at radius 2 is 0.627 bits per heavy atom. The van der Waals surface area contributed by atoms with Gasteiger partial charge in [0, 0.05) is 12.8 Å². The normalized spacial score (nSPS) is 12.7. The summed E-state index contributed by atoms with van der Waals surface area (Å²) in [5, 5.41) is 23.3. The number of aliphatic hydroxyl groups is 2. The maximum Gasteiger partial charge on any atom is 0.305 e. The van der Waals surface area contributed by atoms with Gasteiger partial charge in [0.05, 0.1) is 25.4 Å². The van der Waals surface area contributed by atoms with Gasteiger partial charge in [0.2, 0.25) is 5.91 Å². The molecule has 0 bridgehead atoms. The lowest BCUT2D eigenvalue weighted by Gasteiger charge is -2.20. The number of hydrogen-bond acceptors (Lipinski definition) is 5. The lowest BCUT2D eigenvalue weighted by Crippen LogP contribution is -2.45. The Labute approximate surface area is 519 Å². The second-order valence-electron chi connectivity index (χ2n) is 26.0. The molecule has 83 heavy (non-hydrogen) atoms. The van der Waals surface area contributed by atoms with Crippen molar-refractivity contribution in [3.63, 3.8) is 0 Å². The Morgan fingerprint density at radius 1 is 0.337 bits per heavy atom. The molecule has 0 aromatic carbocycles. The van der Waals surface area contributed by atoms with Gasteiger partial charge in [-0.3, -0.25) is 9.59 Å². The van der Waals surface area contributed by atoms with Gasteiger partial charge in [-0.1, -0.05) is 384 Å². The summed E-state index contributed by atoms with van der Waals surface area (Å²) in [6.07, 6.45) is 94.0. The molecule has 0 rings (SSSR count). The molecule has 0 saturated carbocycles. The molecular formula is C77H147NO5. The van der Waals surface area contributed by atoms with Gasteiger partial charge >= 0.3 is 5.97 Å². The molecule has 0 aliphatic carbocycles. The number of amides is 1. The molecule has 0 aromatic heterocycles. The first-order chi connectivity index (χ1) is 41.0. The van der Waals surface area contributed by atoms with Crippen molar-refractivity contribution in [1.29, 1.82) is 0 Å². The summed E-state index contributed by atoms with van der Waals surface area (Å²) in [6, 6.07) is -0.625. The standard InChI is InChI=1S/C77H147NO5/c1-3-5-7-9-11-13-15-17-18-19-20-36-39-42-46-49-53-57-61-65-69-75(80)74(73-79)78-76(81)70-66-62-58-54-50-47-43-40-37-34-32-30-28-26-24-22-21-23-25-27-29-31-33-35-38-41-44-48-52-56-60-64-68-72-83-77(82)71-67-63-59-55-51-45-16-14-12-10-8-6-4-2/h8,10,14,16,65,69,74-75,79-80H,3-7,9,11-13,15,17-64,66-68,70-73H2,1-2H3,(H,78,81)/b10-8-,16-14-,69-65+. The van der Waals surface area contributed by atoms with Crippen LogP contribution in [0.25, 0.3) is 0 Å². The maximum atomic E-state index is 12.5. The van der Waals surface area contributed by atoms with Crippen LogP contribution in [0.3, 0.4) is 0 Å². The molecule has 0 aromatic rings. The van der Waals surface area contributed by atoms with E-state index in [1.54, 1.807) is 6.08 Å². The van der Waals surface area contributed by atoms with E-state index in [0.29, 0.717) is 19.4 Å². The van der Waals surface area contributed by atoms with E-state index < -0.39 is 12.1 Å². The van der Waals surface area contributed by atoms with Crippen LogP contribution in [0.1, 0.15) is 418 Å². The van der Waals surface area contributed by atoms with Crippen LogP contribution >= 0.6 is 0 Å². The van der Waals surface area contributed by atoms with E-state index in [2.05, 4.69) is 43.5 Å². The highest BCUT2D eigenvalue weighted by Gasteiger charge is 2.18. The summed E-state index contributed by atoms with van der Waals surface area (Å²) < 4.78 is 5.48. The summed E-state index contributed by atoms with van der Waals surface area (Å²) in [4.78, 5) is 24.6. The van der Waals surface area contributed by atoms with Crippen LogP contribution in [0.15, 0.2) is 36.5 Å². The first kappa shape index (κ1) is 81.1. The highest BCUT2D eigenvalue weighted by Crippen LogP contribution is 2.19. The highest BCUT2D eigenvalue weighted by molar-refractivity contribution is 5.76. The molecule has 6 heteroatoms. The van der Waals surface area contributed by atoms with Gasteiger partial charge in [-0.2, -0.15) is 0 Å². The Hall–Kier alpha value is -1.92. The van der Waals surface area contributed by atoms with Crippen LogP contribution in [-0.2, 0) is 14.3 Å². The van der Waals surface area contributed by atoms with E-state index in [1.165, 1.54) is 340 Å². The minimum absolute atomic E-state index is 0.00646. The summed E-state index contributed by atoms with van der Waals surface area (Å²) in [7, 11) is 0. The predicted octanol–water partition coefficient (Wildman–Crippen LogP) is 24.7. The quantitative estimate of drug-likeness (QED) is 0.0320. The molecule has 0 aliphatic rings. The zero-order chi connectivity index (χ0) is 59.9. The minimum atomic E-state index is -0.842. The van der Waals surface area contributed by atoms with Crippen LogP contribution in [0.2, 0.25) is 0 Å². The molecule has 0 heterocycles. The van der Waals surface area contributed by atoms with Crippen LogP contribution in [-0.4, -0.2) is 47.4 Å². The number of hydrogen-bond donors (Lipinski definition) is 3. The van der Waals surface area contributed by atoms with E-state index in [9.17, 15) is 19.8 Å². The van der Waals surface area contributed by atoms with Crippen molar-refractivity contribution in [2.75, 3.05) is 13.2 Å². The lowest BCUT2D eigenvalue weighted by atomic mass is 10.0. The topological polar surface area (TPSA) is 95.9 Å². The summed E-state index contributed by atoms with van der Waals surface area (Å²) in [5.74, 6) is -0.0527. The number of ether oxygens (including phenoxy) is 1. The molecular weight excluding hydrogens is 1020 g/mol. The van der Waals surface area contributed by atoms with Crippen molar-refractivity contribution in [3.8, 4) is 0 Å². The third-order valence-electron chi connectivity index (χ3n) is 17.6. The van der Waals surface area contributed by atoms with Crippen LogP contribution in [0, 0.1) is 0 Å². The van der Waals surface area contributed by atoms with Gasteiger partial charge < -0.3 is 20.3 Å². The van der Waals surface area contributed by atoms with Crippen LogP contribution in [0.4, 0.5) is 0 Å². The SMILES string of the molecule is CCC/C=C\C/C=C\CCCCCCCC(=O)OCCCCCCCCCCCCCCCCCCCCCCCCCCCCCCCCCCCC(=O)NC(CO)C(O)/C=C/CCCCCCCCCCCCCCCCCCCC. The Bertz CT molecular complexity index is 1340. The van der Waals surface area contributed by atoms with E-state index in [4.69, 9.17) is 4.74 Å². The Kier molecular flexibility index (Phi) is 70.9. The van der Waals surface area contributed by atoms with E-state index in [1.807, 2.05) is 6.08 Å². The third-order valence-corrected chi connectivity index (χ3v) is 17.6. The molecule has 1 amide bonds. The molecule has 0 fully saturated rings. The van der Waals surface area contributed by atoms with Gasteiger partial charge in [-0.25, -0.2) is 0 Å². The fraction of sp³-hybridized carbons (Fsp3) is 0.896. The number of rotatable bonds is 71. The molecule has 6 nitrogen and oxygen atoms in total. The molecule has 3 N–H and O–H groups in total. The second kappa shape index (κ2) is 72.6. The van der Waals surface area contributed by atoms with Crippen molar-refractivity contribution < 1.29 is 24.5 Å². The number of carbonyl (C=O) groups is 2. The fourth-order valence-electron chi connectivity index (χ4n) is 11.9. The summed E-state index contributed by atoms with van der Waals surface area (Å²) in [5.41, 5.74) is 0. The molecule has 2 atom stereocenters. The second-order valence-corrected chi connectivity index (χ2v) is 26.0. The van der Waals surface area contributed by atoms with Crippen molar-refractivity contribution in [3.05, 3.63) is 36.5 Å². The van der Waals surface area contributed by atoms with E-state index in [0.717, 1.165) is 51.4 Å². The zero-order valence-electron chi connectivity index (χ0n) is 56.2. The molecule has 2 unspecified atom stereocenters. The smallest absolute Gasteiger partial charge is 0.305 e. The number of allylic oxidation sites excluding steroid dienone is 5.